The topological polar surface area (TPSA) is 61.4 Å². The molecule has 1 aromatic rings. The Hall–Kier alpha value is -1.07. The van der Waals surface area contributed by atoms with E-state index >= 15 is 0 Å². The van der Waals surface area contributed by atoms with E-state index in [1.807, 2.05) is 11.4 Å². The van der Waals surface area contributed by atoms with E-state index in [0.29, 0.717) is 0 Å². The molecule has 0 aromatic carbocycles. The molecule has 1 atom stereocenters. The van der Waals surface area contributed by atoms with Gasteiger partial charge in [0.15, 0.2) is 0 Å². The van der Waals surface area contributed by atoms with Gasteiger partial charge in [0.2, 0.25) is 0 Å². The first-order valence-electron chi connectivity index (χ1n) is 7.59. The van der Waals surface area contributed by atoms with Crippen LogP contribution in [0.3, 0.4) is 0 Å². The van der Waals surface area contributed by atoms with Crippen LogP contribution in [0.2, 0.25) is 0 Å². The van der Waals surface area contributed by atoms with Gasteiger partial charge in [0.05, 0.1) is 18.2 Å². The molecule has 1 unspecified atom stereocenters. The maximum atomic E-state index is 12.4. The lowest BCUT2D eigenvalue weighted by molar-refractivity contribution is 0.157. The van der Waals surface area contributed by atoms with Crippen LogP contribution in [-0.2, 0) is 0 Å². The van der Waals surface area contributed by atoms with E-state index in [1.54, 1.807) is 11.3 Å². The predicted molar refractivity (Wildman–Crippen MR) is 86.5 cm³/mol. The fraction of sp³-hybridized carbons (Fsp3) is 0.688. The van der Waals surface area contributed by atoms with Crippen LogP contribution in [-0.4, -0.2) is 23.3 Å². The highest BCUT2D eigenvalue weighted by atomic mass is 32.1. The Kier molecular flexibility index (Phi) is 4.94. The molecule has 1 fully saturated rings. The lowest BCUT2D eigenvalue weighted by Crippen LogP contribution is -2.54. The molecule has 1 aliphatic carbocycles. The molecule has 2 amide bonds. The van der Waals surface area contributed by atoms with Crippen LogP contribution in [0.15, 0.2) is 17.5 Å². The normalized spacial score (nSPS) is 19.2. The summed E-state index contributed by atoms with van der Waals surface area (Å²) in [5, 5.41) is 17.7. The Bertz CT molecular complexity index is 459. The number of carbonyl (C=O) groups is 1. The van der Waals surface area contributed by atoms with Gasteiger partial charge in [0.1, 0.15) is 0 Å². The van der Waals surface area contributed by atoms with Crippen LogP contribution in [0, 0.1) is 5.41 Å². The molecular formula is C16H26N2O2S. The third-order valence-electron chi connectivity index (χ3n) is 4.21. The van der Waals surface area contributed by atoms with Crippen LogP contribution in [0.1, 0.15) is 57.4 Å². The zero-order chi connectivity index (χ0) is 15.5. The van der Waals surface area contributed by atoms with Gasteiger partial charge < -0.3 is 15.7 Å². The number of hydrogen-bond donors (Lipinski definition) is 3. The second-order valence-electron chi connectivity index (χ2n) is 7.06. The lowest BCUT2D eigenvalue weighted by atomic mass is 9.86. The average Bonchev–Trinajstić information content (AvgIpc) is 3.06. The number of nitrogens with one attached hydrogen (secondary N) is 2. The maximum absolute atomic E-state index is 12.4. The molecule has 4 nitrogen and oxygen atoms in total. The van der Waals surface area contributed by atoms with E-state index in [9.17, 15) is 9.90 Å². The maximum Gasteiger partial charge on any atom is 0.315 e. The lowest BCUT2D eigenvalue weighted by Gasteiger charge is -2.34. The molecule has 3 N–H and O–H groups in total. The quantitative estimate of drug-likeness (QED) is 0.798. The van der Waals surface area contributed by atoms with E-state index in [2.05, 4.69) is 37.5 Å². The second kappa shape index (κ2) is 6.36. The first-order valence-corrected chi connectivity index (χ1v) is 8.47. The van der Waals surface area contributed by atoms with Crippen molar-refractivity contribution in [3.05, 3.63) is 22.4 Å². The summed E-state index contributed by atoms with van der Waals surface area (Å²) in [6.45, 7) is 6.37. The molecule has 0 aliphatic heterocycles. The summed E-state index contributed by atoms with van der Waals surface area (Å²) in [5.41, 5.74) is -0.494. The third-order valence-corrected chi connectivity index (χ3v) is 5.15. The van der Waals surface area contributed by atoms with Gasteiger partial charge in [-0.2, -0.15) is 0 Å². The highest BCUT2D eigenvalue weighted by Gasteiger charge is 2.36. The second-order valence-corrected chi connectivity index (χ2v) is 8.04. The predicted octanol–water partition coefficient (Wildman–Crippen LogP) is 3.44. The summed E-state index contributed by atoms with van der Waals surface area (Å²) in [5.74, 6) is 0. The molecule has 1 heterocycles. The standard InChI is InChI=1S/C16H26N2O2S/c1-15(2,3)13(12-7-6-10-21-12)17-14(20)18-16(11-19)8-4-5-9-16/h6-7,10,13,19H,4-5,8-9,11H2,1-3H3,(H2,17,18,20). The van der Waals surface area contributed by atoms with Gasteiger partial charge >= 0.3 is 6.03 Å². The number of hydrogen-bond acceptors (Lipinski definition) is 3. The number of amides is 2. The summed E-state index contributed by atoms with van der Waals surface area (Å²) in [7, 11) is 0. The number of rotatable bonds is 4. The summed E-state index contributed by atoms with van der Waals surface area (Å²) < 4.78 is 0. The summed E-state index contributed by atoms with van der Waals surface area (Å²) in [4.78, 5) is 13.5. The minimum atomic E-state index is -0.429. The van der Waals surface area contributed by atoms with Gasteiger partial charge in [-0.3, -0.25) is 0 Å². The smallest absolute Gasteiger partial charge is 0.315 e. The zero-order valence-electron chi connectivity index (χ0n) is 13.1. The summed E-state index contributed by atoms with van der Waals surface area (Å²) in [6.07, 6.45) is 3.84. The molecule has 0 saturated heterocycles. The summed E-state index contributed by atoms with van der Waals surface area (Å²) >= 11 is 1.66. The van der Waals surface area contributed by atoms with Crippen molar-refractivity contribution in [1.29, 1.82) is 0 Å². The van der Waals surface area contributed by atoms with Crippen molar-refractivity contribution in [2.24, 2.45) is 5.41 Å². The van der Waals surface area contributed by atoms with Crippen LogP contribution in [0.25, 0.3) is 0 Å². The molecule has 0 bridgehead atoms. The van der Waals surface area contributed by atoms with Crippen molar-refractivity contribution >= 4 is 17.4 Å². The third kappa shape index (κ3) is 3.98. The van der Waals surface area contributed by atoms with E-state index in [0.717, 1.165) is 30.6 Å². The fourth-order valence-corrected chi connectivity index (χ4v) is 3.97. The van der Waals surface area contributed by atoms with Crippen LogP contribution >= 0.6 is 11.3 Å². The average molecular weight is 310 g/mol. The molecule has 118 valence electrons. The minimum Gasteiger partial charge on any atom is -0.394 e. The van der Waals surface area contributed by atoms with Gasteiger partial charge in [-0.1, -0.05) is 39.7 Å². The van der Waals surface area contributed by atoms with E-state index in [1.165, 1.54) is 0 Å². The van der Waals surface area contributed by atoms with Crippen molar-refractivity contribution in [3.63, 3.8) is 0 Å². The first kappa shape index (κ1) is 16.3. The van der Waals surface area contributed by atoms with Crippen LogP contribution in [0.4, 0.5) is 4.79 Å². The molecule has 0 radical (unpaired) electrons. The Labute approximate surface area is 131 Å². The number of urea groups is 1. The molecule has 2 rings (SSSR count). The van der Waals surface area contributed by atoms with Gasteiger partial charge in [-0.15, -0.1) is 11.3 Å². The first-order chi connectivity index (χ1) is 9.86. The van der Waals surface area contributed by atoms with Crippen LogP contribution in [0.5, 0.6) is 0 Å². The van der Waals surface area contributed by atoms with Gasteiger partial charge in [0, 0.05) is 4.88 Å². The Morgan fingerprint density at radius 3 is 2.57 bits per heavy atom. The van der Waals surface area contributed by atoms with Gasteiger partial charge in [-0.05, 0) is 29.7 Å². The molecular weight excluding hydrogens is 284 g/mol. The molecule has 0 spiro atoms. The number of carbonyl (C=O) groups excluding carboxylic acids is 1. The molecule has 1 aliphatic rings. The number of aliphatic hydroxyl groups excluding tert-OH is 1. The van der Waals surface area contributed by atoms with Crippen LogP contribution < -0.4 is 10.6 Å². The molecule has 21 heavy (non-hydrogen) atoms. The van der Waals surface area contributed by atoms with Crippen molar-refractivity contribution in [1.82, 2.24) is 10.6 Å². The SMILES string of the molecule is CC(C)(C)C(NC(=O)NC1(CO)CCCC1)c1cccs1. The van der Waals surface area contributed by atoms with Crippen molar-refractivity contribution in [2.45, 2.75) is 58.0 Å². The number of thiophene rings is 1. The Morgan fingerprint density at radius 2 is 2.10 bits per heavy atom. The highest BCUT2D eigenvalue weighted by Crippen LogP contribution is 2.35. The van der Waals surface area contributed by atoms with E-state index in [-0.39, 0.29) is 24.1 Å². The van der Waals surface area contributed by atoms with Crippen molar-refractivity contribution in [3.8, 4) is 0 Å². The largest absolute Gasteiger partial charge is 0.394 e. The zero-order valence-corrected chi connectivity index (χ0v) is 13.9. The van der Waals surface area contributed by atoms with Gasteiger partial charge in [0.25, 0.3) is 0 Å². The number of aliphatic hydroxyl groups is 1. The Balaban J connectivity index is 2.05. The minimum absolute atomic E-state index is 0.0135. The van der Waals surface area contributed by atoms with Crippen molar-refractivity contribution in [2.75, 3.05) is 6.61 Å². The molecule has 1 aromatic heterocycles. The summed E-state index contributed by atoms with van der Waals surface area (Å²) in [6, 6.07) is 3.84. The monoisotopic (exact) mass is 310 g/mol. The van der Waals surface area contributed by atoms with Gasteiger partial charge in [-0.25, -0.2) is 4.79 Å². The van der Waals surface area contributed by atoms with E-state index < -0.39 is 5.54 Å². The van der Waals surface area contributed by atoms with Crippen molar-refractivity contribution < 1.29 is 9.90 Å². The molecule has 1 saturated carbocycles. The highest BCUT2D eigenvalue weighted by molar-refractivity contribution is 7.10. The van der Waals surface area contributed by atoms with E-state index in [4.69, 9.17) is 0 Å². The molecule has 5 heteroatoms. The Morgan fingerprint density at radius 1 is 1.43 bits per heavy atom. The fourth-order valence-electron chi connectivity index (χ4n) is 2.95.